The summed E-state index contributed by atoms with van der Waals surface area (Å²) >= 11 is 0. The molecule has 16 heavy (non-hydrogen) atoms. The van der Waals surface area contributed by atoms with Crippen molar-refractivity contribution in [3.8, 4) is 5.75 Å². The fraction of sp³-hybridized carbons (Fsp3) is 0.0833. The second-order valence-electron chi connectivity index (χ2n) is 3.33. The molecule has 0 saturated heterocycles. The fourth-order valence-corrected chi connectivity index (χ4v) is 1.29. The van der Waals surface area contributed by atoms with E-state index in [1.165, 1.54) is 12.1 Å². The van der Waals surface area contributed by atoms with Crippen LogP contribution in [-0.4, -0.2) is 4.98 Å². The lowest BCUT2D eigenvalue weighted by molar-refractivity contribution is 0.300. The Kier molecular flexibility index (Phi) is 3.00. The monoisotopic (exact) mass is 218 g/mol. The third-order valence-electron chi connectivity index (χ3n) is 2.02. The van der Waals surface area contributed by atoms with Crippen molar-refractivity contribution in [2.24, 2.45) is 0 Å². The van der Waals surface area contributed by atoms with Crippen LogP contribution >= 0.6 is 0 Å². The number of nitrogens with two attached hydrogens (primary N) is 1. The lowest BCUT2D eigenvalue weighted by atomic mass is 10.3. The zero-order valence-electron chi connectivity index (χ0n) is 8.56. The molecule has 0 spiro atoms. The molecule has 0 saturated carbocycles. The first-order valence-corrected chi connectivity index (χ1v) is 4.83. The van der Waals surface area contributed by atoms with Crippen LogP contribution in [0.15, 0.2) is 42.6 Å². The van der Waals surface area contributed by atoms with Gasteiger partial charge in [-0.25, -0.2) is 4.39 Å². The number of hydrogen-bond acceptors (Lipinski definition) is 3. The summed E-state index contributed by atoms with van der Waals surface area (Å²) in [6.45, 7) is 0.272. The number of nitrogen functional groups attached to an aromatic ring is 1. The Labute approximate surface area is 92.7 Å². The summed E-state index contributed by atoms with van der Waals surface area (Å²) in [5.74, 6) is 0.155. The molecule has 1 aromatic heterocycles. The Morgan fingerprint density at radius 2 is 2.12 bits per heavy atom. The molecule has 3 nitrogen and oxygen atoms in total. The molecule has 0 bridgehead atoms. The average Bonchev–Trinajstić information content (AvgIpc) is 2.27. The van der Waals surface area contributed by atoms with Crippen LogP contribution < -0.4 is 10.5 Å². The molecule has 4 heteroatoms. The first-order chi connectivity index (χ1) is 7.74. The van der Waals surface area contributed by atoms with Crippen LogP contribution in [0.4, 0.5) is 10.1 Å². The van der Waals surface area contributed by atoms with Crippen LogP contribution in [0.25, 0.3) is 0 Å². The minimum atomic E-state index is -0.321. The SMILES string of the molecule is Nc1ccnc(COc2cccc(F)c2)c1. The van der Waals surface area contributed by atoms with E-state index in [0.29, 0.717) is 17.1 Å². The summed E-state index contributed by atoms with van der Waals surface area (Å²) in [4.78, 5) is 4.08. The summed E-state index contributed by atoms with van der Waals surface area (Å²) in [6, 6.07) is 9.40. The first-order valence-electron chi connectivity index (χ1n) is 4.83. The lowest BCUT2D eigenvalue weighted by Crippen LogP contribution is -1.99. The third kappa shape index (κ3) is 2.70. The topological polar surface area (TPSA) is 48.1 Å². The number of halogens is 1. The van der Waals surface area contributed by atoms with E-state index in [0.717, 1.165) is 0 Å². The Bertz CT molecular complexity index is 442. The normalized spacial score (nSPS) is 10.1. The predicted octanol–water partition coefficient (Wildman–Crippen LogP) is 2.38. The maximum Gasteiger partial charge on any atom is 0.130 e. The molecule has 0 unspecified atom stereocenters. The predicted molar refractivity (Wildman–Crippen MR) is 59.4 cm³/mol. The van der Waals surface area contributed by atoms with Crippen molar-refractivity contribution < 1.29 is 9.13 Å². The van der Waals surface area contributed by atoms with Crippen molar-refractivity contribution in [1.82, 2.24) is 4.98 Å². The molecular formula is C12H11FN2O. The zero-order chi connectivity index (χ0) is 11.4. The highest BCUT2D eigenvalue weighted by atomic mass is 19.1. The van der Waals surface area contributed by atoms with Crippen molar-refractivity contribution in [1.29, 1.82) is 0 Å². The van der Waals surface area contributed by atoms with Crippen molar-refractivity contribution in [3.05, 3.63) is 54.1 Å². The highest BCUT2D eigenvalue weighted by Gasteiger charge is 1.98. The molecule has 0 fully saturated rings. The highest BCUT2D eigenvalue weighted by Crippen LogP contribution is 2.14. The van der Waals surface area contributed by atoms with Gasteiger partial charge in [0.1, 0.15) is 18.2 Å². The Hall–Kier alpha value is -2.10. The molecule has 1 heterocycles. The van der Waals surface area contributed by atoms with Gasteiger partial charge in [-0.3, -0.25) is 4.98 Å². The average molecular weight is 218 g/mol. The van der Waals surface area contributed by atoms with E-state index in [1.807, 2.05) is 0 Å². The molecule has 2 N–H and O–H groups in total. The van der Waals surface area contributed by atoms with Crippen LogP contribution in [0.3, 0.4) is 0 Å². The zero-order valence-corrected chi connectivity index (χ0v) is 8.56. The summed E-state index contributed by atoms with van der Waals surface area (Å²) in [5, 5.41) is 0. The van der Waals surface area contributed by atoms with Gasteiger partial charge in [0.25, 0.3) is 0 Å². The van der Waals surface area contributed by atoms with Gasteiger partial charge < -0.3 is 10.5 Å². The van der Waals surface area contributed by atoms with Gasteiger partial charge in [0.05, 0.1) is 5.69 Å². The summed E-state index contributed by atoms with van der Waals surface area (Å²) in [7, 11) is 0. The van der Waals surface area contributed by atoms with Crippen LogP contribution in [0, 0.1) is 5.82 Å². The quantitative estimate of drug-likeness (QED) is 0.860. The number of hydrogen-bond donors (Lipinski definition) is 1. The summed E-state index contributed by atoms with van der Waals surface area (Å²) < 4.78 is 18.2. The van der Waals surface area contributed by atoms with Crippen molar-refractivity contribution in [3.63, 3.8) is 0 Å². The Morgan fingerprint density at radius 1 is 1.25 bits per heavy atom. The van der Waals surface area contributed by atoms with E-state index in [1.54, 1.807) is 30.5 Å². The number of anilines is 1. The molecule has 0 aliphatic carbocycles. The largest absolute Gasteiger partial charge is 0.487 e. The van der Waals surface area contributed by atoms with Crippen molar-refractivity contribution in [2.45, 2.75) is 6.61 Å². The van der Waals surface area contributed by atoms with Gasteiger partial charge in [-0.15, -0.1) is 0 Å². The second kappa shape index (κ2) is 4.61. The molecule has 0 amide bonds. The number of rotatable bonds is 3. The van der Waals surface area contributed by atoms with E-state index in [9.17, 15) is 4.39 Å². The summed E-state index contributed by atoms with van der Waals surface area (Å²) in [6.07, 6.45) is 1.61. The lowest BCUT2D eigenvalue weighted by Gasteiger charge is -2.05. The van der Waals surface area contributed by atoms with Crippen LogP contribution in [0.2, 0.25) is 0 Å². The Morgan fingerprint density at radius 3 is 2.88 bits per heavy atom. The second-order valence-corrected chi connectivity index (χ2v) is 3.33. The van der Waals surface area contributed by atoms with Gasteiger partial charge in [0, 0.05) is 18.0 Å². The van der Waals surface area contributed by atoms with Crippen LogP contribution in [-0.2, 0) is 6.61 Å². The third-order valence-corrected chi connectivity index (χ3v) is 2.02. The van der Waals surface area contributed by atoms with E-state index in [-0.39, 0.29) is 12.4 Å². The number of ether oxygens (including phenoxy) is 1. The molecule has 0 aliphatic heterocycles. The maximum atomic E-state index is 12.8. The van der Waals surface area contributed by atoms with E-state index < -0.39 is 0 Å². The van der Waals surface area contributed by atoms with Gasteiger partial charge in [-0.05, 0) is 24.3 Å². The van der Waals surface area contributed by atoms with Crippen LogP contribution in [0.1, 0.15) is 5.69 Å². The maximum absolute atomic E-state index is 12.8. The van der Waals surface area contributed by atoms with Gasteiger partial charge >= 0.3 is 0 Å². The molecule has 1 aromatic carbocycles. The van der Waals surface area contributed by atoms with Gasteiger partial charge in [0.15, 0.2) is 0 Å². The van der Waals surface area contributed by atoms with E-state index in [4.69, 9.17) is 10.5 Å². The fourth-order valence-electron chi connectivity index (χ4n) is 1.29. The number of nitrogens with zero attached hydrogens (tertiary/aromatic N) is 1. The molecule has 0 atom stereocenters. The minimum absolute atomic E-state index is 0.272. The number of aromatic nitrogens is 1. The molecule has 0 radical (unpaired) electrons. The molecule has 82 valence electrons. The minimum Gasteiger partial charge on any atom is -0.487 e. The van der Waals surface area contributed by atoms with Crippen molar-refractivity contribution in [2.75, 3.05) is 5.73 Å². The van der Waals surface area contributed by atoms with Crippen molar-refractivity contribution >= 4 is 5.69 Å². The molecule has 2 rings (SSSR count). The molecule has 2 aromatic rings. The standard InChI is InChI=1S/C12H11FN2O/c13-9-2-1-3-12(6-9)16-8-11-7-10(14)4-5-15-11/h1-7H,8H2,(H2,14,15). The molecular weight excluding hydrogens is 207 g/mol. The van der Waals surface area contributed by atoms with Gasteiger partial charge in [-0.1, -0.05) is 6.07 Å². The smallest absolute Gasteiger partial charge is 0.130 e. The van der Waals surface area contributed by atoms with E-state index in [2.05, 4.69) is 4.98 Å². The first kappa shape index (κ1) is 10.4. The summed E-state index contributed by atoms with van der Waals surface area (Å²) in [5.41, 5.74) is 6.94. The van der Waals surface area contributed by atoms with E-state index >= 15 is 0 Å². The van der Waals surface area contributed by atoms with Crippen LogP contribution in [0.5, 0.6) is 5.75 Å². The highest BCUT2D eigenvalue weighted by molar-refractivity contribution is 5.37. The number of pyridine rings is 1. The van der Waals surface area contributed by atoms with Gasteiger partial charge in [-0.2, -0.15) is 0 Å². The number of benzene rings is 1. The van der Waals surface area contributed by atoms with Gasteiger partial charge in [0.2, 0.25) is 0 Å². The molecule has 0 aliphatic rings. The Balaban J connectivity index is 2.02.